The fraction of sp³-hybridized carbons (Fsp3) is 0.500. The first-order valence-corrected chi connectivity index (χ1v) is 7.49. The minimum atomic E-state index is -0.365. The molecule has 1 atom stereocenters. The Labute approximate surface area is 123 Å². The Morgan fingerprint density at radius 2 is 2.14 bits per heavy atom. The summed E-state index contributed by atoms with van der Waals surface area (Å²) in [7, 11) is 0. The van der Waals surface area contributed by atoms with Crippen LogP contribution in [0.25, 0.3) is 11.1 Å². The normalized spacial score (nSPS) is 12.5. The number of nitrogens with one attached hydrogen (secondary N) is 1. The van der Waals surface area contributed by atoms with Gasteiger partial charge in [-0.1, -0.05) is 25.5 Å². The van der Waals surface area contributed by atoms with E-state index in [4.69, 9.17) is 4.42 Å². The zero-order valence-corrected chi connectivity index (χ0v) is 12.6. The second kappa shape index (κ2) is 7.11. The highest BCUT2D eigenvalue weighted by Crippen LogP contribution is 2.12. The Morgan fingerprint density at radius 3 is 2.90 bits per heavy atom. The van der Waals surface area contributed by atoms with Crippen LogP contribution in [0.3, 0.4) is 0 Å². The molecule has 1 aromatic carbocycles. The average Bonchev–Trinajstić information content (AvgIpc) is 2.75. The van der Waals surface area contributed by atoms with E-state index in [0.29, 0.717) is 25.0 Å². The van der Waals surface area contributed by atoms with E-state index < -0.39 is 0 Å². The van der Waals surface area contributed by atoms with Crippen molar-refractivity contribution < 1.29 is 9.21 Å². The van der Waals surface area contributed by atoms with Gasteiger partial charge in [0.25, 0.3) is 0 Å². The molecule has 1 N–H and O–H groups in total. The Bertz CT molecular complexity index is 657. The summed E-state index contributed by atoms with van der Waals surface area (Å²) < 4.78 is 6.74. The van der Waals surface area contributed by atoms with E-state index in [2.05, 4.69) is 12.2 Å². The molecule has 0 radical (unpaired) electrons. The van der Waals surface area contributed by atoms with Gasteiger partial charge in [0.2, 0.25) is 5.91 Å². The van der Waals surface area contributed by atoms with E-state index in [1.165, 1.54) is 0 Å². The van der Waals surface area contributed by atoms with Crippen LogP contribution in [0.4, 0.5) is 0 Å². The summed E-state index contributed by atoms with van der Waals surface area (Å²) in [6.07, 6.45) is 3.07. The number of rotatable bonds is 7. The van der Waals surface area contributed by atoms with Gasteiger partial charge in [-0.05, 0) is 31.9 Å². The molecule has 21 heavy (non-hydrogen) atoms. The fourth-order valence-corrected chi connectivity index (χ4v) is 2.48. The molecule has 0 bridgehead atoms. The Kier molecular flexibility index (Phi) is 5.20. The third-order valence-corrected chi connectivity index (χ3v) is 3.49. The topological polar surface area (TPSA) is 64.2 Å². The molecule has 0 saturated heterocycles. The first-order chi connectivity index (χ1) is 10.1. The van der Waals surface area contributed by atoms with Crippen LogP contribution < -0.4 is 11.1 Å². The number of aryl methyl sites for hydroxylation is 1. The fourth-order valence-electron chi connectivity index (χ4n) is 2.48. The molecular weight excluding hydrogens is 268 g/mol. The average molecular weight is 290 g/mol. The van der Waals surface area contributed by atoms with Crippen LogP contribution in [-0.2, 0) is 11.3 Å². The molecule has 1 aromatic heterocycles. The molecule has 114 valence electrons. The molecular formula is C16H22N2O3. The minimum absolute atomic E-state index is 0.0387. The molecule has 0 saturated carbocycles. The van der Waals surface area contributed by atoms with Crippen molar-refractivity contribution in [3.8, 4) is 0 Å². The van der Waals surface area contributed by atoms with Crippen molar-refractivity contribution in [2.24, 2.45) is 0 Å². The Hall–Kier alpha value is -2.04. The van der Waals surface area contributed by atoms with E-state index in [1.807, 2.05) is 25.1 Å². The van der Waals surface area contributed by atoms with Gasteiger partial charge < -0.3 is 9.73 Å². The van der Waals surface area contributed by atoms with Crippen molar-refractivity contribution in [1.82, 2.24) is 9.88 Å². The van der Waals surface area contributed by atoms with E-state index in [9.17, 15) is 9.59 Å². The second-order valence-electron chi connectivity index (χ2n) is 5.35. The SMILES string of the molecule is CCCC(C)NC(=O)CCCn1c(=O)oc2ccccc21. The predicted molar refractivity (Wildman–Crippen MR) is 82.2 cm³/mol. The van der Waals surface area contributed by atoms with Crippen molar-refractivity contribution in [2.75, 3.05) is 0 Å². The highest BCUT2D eigenvalue weighted by molar-refractivity contribution is 5.76. The molecule has 0 fully saturated rings. The number of para-hydroxylation sites is 2. The van der Waals surface area contributed by atoms with Crippen LogP contribution in [0, 0.1) is 0 Å². The van der Waals surface area contributed by atoms with E-state index in [1.54, 1.807) is 10.6 Å². The third kappa shape index (κ3) is 3.97. The standard InChI is InChI=1S/C16H22N2O3/c1-3-7-12(2)17-15(19)10-6-11-18-13-8-4-5-9-14(13)21-16(18)20/h4-5,8-9,12H,3,6-7,10-11H2,1-2H3,(H,17,19). The molecule has 1 amide bonds. The summed E-state index contributed by atoms with van der Waals surface area (Å²) in [4.78, 5) is 23.6. The molecule has 0 aliphatic heterocycles. The molecule has 2 aromatic rings. The summed E-state index contributed by atoms with van der Waals surface area (Å²) in [5, 5.41) is 2.96. The van der Waals surface area contributed by atoms with Crippen LogP contribution >= 0.6 is 0 Å². The Balaban J connectivity index is 1.89. The molecule has 2 rings (SSSR count). The lowest BCUT2D eigenvalue weighted by Crippen LogP contribution is -2.32. The first-order valence-electron chi connectivity index (χ1n) is 7.49. The van der Waals surface area contributed by atoms with Gasteiger partial charge in [-0.2, -0.15) is 0 Å². The summed E-state index contributed by atoms with van der Waals surface area (Å²) in [5.74, 6) is -0.326. The molecule has 1 heterocycles. The van der Waals surface area contributed by atoms with Gasteiger partial charge in [-0.25, -0.2) is 4.79 Å². The third-order valence-electron chi connectivity index (χ3n) is 3.49. The number of nitrogens with zero attached hydrogens (tertiary/aromatic N) is 1. The highest BCUT2D eigenvalue weighted by atomic mass is 16.4. The van der Waals surface area contributed by atoms with Crippen LogP contribution in [0.2, 0.25) is 0 Å². The lowest BCUT2D eigenvalue weighted by molar-refractivity contribution is -0.121. The van der Waals surface area contributed by atoms with E-state index in [-0.39, 0.29) is 17.7 Å². The van der Waals surface area contributed by atoms with Gasteiger partial charge in [-0.3, -0.25) is 9.36 Å². The molecule has 1 unspecified atom stereocenters. The van der Waals surface area contributed by atoms with E-state index in [0.717, 1.165) is 18.4 Å². The number of benzene rings is 1. The Morgan fingerprint density at radius 1 is 1.38 bits per heavy atom. The number of hydrogen-bond donors (Lipinski definition) is 1. The summed E-state index contributed by atoms with van der Waals surface area (Å²) >= 11 is 0. The second-order valence-corrected chi connectivity index (χ2v) is 5.35. The van der Waals surface area contributed by atoms with Gasteiger partial charge in [0.1, 0.15) is 0 Å². The maximum absolute atomic E-state index is 11.8. The maximum Gasteiger partial charge on any atom is 0.419 e. The predicted octanol–water partition coefficient (Wildman–Crippen LogP) is 2.68. The number of hydrogen-bond acceptors (Lipinski definition) is 3. The number of fused-ring (bicyclic) bond motifs is 1. The van der Waals surface area contributed by atoms with Crippen LogP contribution in [0.1, 0.15) is 39.5 Å². The minimum Gasteiger partial charge on any atom is -0.408 e. The van der Waals surface area contributed by atoms with Crippen molar-refractivity contribution in [3.05, 3.63) is 34.8 Å². The number of amides is 1. The summed E-state index contributed by atoms with van der Waals surface area (Å²) in [5.41, 5.74) is 1.37. The lowest BCUT2D eigenvalue weighted by atomic mass is 10.2. The van der Waals surface area contributed by atoms with Gasteiger partial charge in [0.15, 0.2) is 5.58 Å². The number of carbonyl (C=O) groups is 1. The largest absolute Gasteiger partial charge is 0.419 e. The number of aromatic nitrogens is 1. The monoisotopic (exact) mass is 290 g/mol. The molecule has 0 aliphatic rings. The van der Waals surface area contributed by atoms with Crippen molar-refractivity contribution in [3.63, 3.8) is 0 Å². The summed E-state index contributed by atoms with van der Waals surface area (Å²) in [6, 6.07) is 7.53. The van der Waals surface area contributed by atoms with Crippen molar-refractivity contribution >= 4 is 17.0 Å². The highest BCUT2D eigenvalue weighted by Gasteiger charge is 2.10. The molecule has 0 spiro atoms. The van der Waals surface area contributed by atoms with Crippen molar-refractivity contribution in [1.29, 1.82) is 0 Å². The summed E-state index contributed by atoms with van der Waals surface area (Å²) in [6.45, 7) is 4.60. The smallest absolute Gasteiger partial charge is 0.408 e. The number of carbonyl (C=O) groups excluding carboxylic acids is 1. The van der Waals surface area contributed by atoms with Crippen LogP contribution in [0.15, 0.2) is 33.5 Å². The quantitative estimate of drug-likeness (QED) is 0.852. The molecule has 5 nitrogen and oxygen atoms in total. The molecule has 0 aliphatic carbocycles. The number of oxazole rings is 1. The van der Waals surface area contributed by atoms with Crippen LogP contribution in [0.5, 0.6) is 0 Å². The maximum atomic E-state index is 11.8. The molecule has 5 heteroatoms. The van der Waals surface area contributed by atoms with Gasteiger partial charge in [-0.15, -0.1) is 0 Å². The first kappa shape index (κ1) is 15.4. The zero-order chi connectivity index (χ0) is 15.2. The van der Waals surface area contributed by atoms with Gasteiger partial charge >= 0.3 is 5.76 Å². The lowest BCUT2D eigenvalue weighted by Gasteiger charge is -2.12. The zero-order valence-electron chi connectivity index (χ0n) is 12.6. The van der Waals surface area contributed by atoms with Crippen molar-refractivity contribution in [2.45, 2.75) is 52.1 Å². The van der Waals surface area contributed by atoms with Crippen LogP contribution in [-0.4, -0.2) is 16.5 Å². The van der Waals surface area contributed by atoms with Gasteiger partial charge in [0, 0.05) is 19.0 Å². The van der Waals surface area contributed by atoms with Gasteiger partial charge in [0.05, 0.1) is 5.52 Å². The van der Waals surface area contributed by atoms with E-state index >= 15 is 0 Å².